The monoisotopic (exact) mass is 303 g/mol. The van der Waals surface area contributed by atoms with Gasteiger partial charge in [0.1, 0.15) is 5.75 Å². The highest BCUT2D eigenvalue weighted by atomic mass is 35.5. The molecule has 0 fully saturated rings. The Morgan fingerprint density at radius 1 is 1.14 bits per heavy atom. The van der Waals surface area contributed by atoms with Crippen molar-refractivity contribution in [2.75, 3.05) is 6.61 Å². The molecule has 4 heteroatoms. The fraction of sp³-hybridized carbons (Fsp3) is 0.235. The van der Waals surface area contributed by atoms with Crippen molar-refractivity contribution in [1.82, 2.24) is 5.32 Å². The van der Waals surface area contributed by atoms with Gasteiger partial charge >= 0.3 is 0 Å². The molecular formula is C17H18ClNO2. The maximum Gasteiger partial charge on any atom is 0.251 e. The summed E-state index contributed by atoms with van der Waals surface area (Å²) < 4.78 is 5.44. The minimum Gasteiger partial charge on any atom is -0.494 e. The van der Waals surface area contributed by atoms with Gasteiger partial charge < -0.3 is 10.1 Å². The predicted molar refractivity (Wildman–Crippen MR) is 84.8 cm³/mol. The molecule has 2 aromatic carbocycles. The van der Waals surface area contributed by atoms with Gasteiger partial charge in [0.05, 0.1) is 6.61 Å². The number of nitrogens with one attached hydrogen (secondary N) is 1. The van der Waals surface area contributed by atoms with Gasteiger partial charge in [-0.1, -0.05) is 24.3 Å². The number of alkyl halides is 1. The zero-order valence-electron chi connectivity index (χ0n) is 11.9. The van der Waals surface area contributed by atoms with Gasteiger partial charge in [-0.05, 0) is 42.3 Å². The van der Waals surface area contributed by atoms with Crippen LogP contribution in [0.4, 0.5) is 0 Å². The average molecular weight is 304 g/mol. The molecule has 0 spiro atoms. The molecule has 0 atom stereocenters. The van der Waals surface area contributed by atoms with Gasteiger partial charge in [0.15, 0.2) is 0 Å². The van der Waals surface area contributed by atoms with Crippen molar-refractivity contribution < 1.29 is 9.53 Å². The molecule has 0 radical (unpaired) electrons. The van der Waals surface area contributed by atoms with Crippen LogP contribution >= 0.6 is 11.6 Å². The second kappa shape index (κ2) is 7.70. The SMILES string of the molecule is CCOc1cccc(CNC(=O)c2ccc(CCl)cc2)c1. The largest absolute Gasteiger partial charge is 0.494 e. The van der Waals surface area contributed by atoms with Gasteiger partial charge in [-0.15, -0.1) is 11.6 Å². The topological polar surface area (TPSA) is 38.3 Å². The van der Waals surface area contributed by atoms with Crippen molar-refractivity contribution in [3.8, 4) is 5.75 Å². The third-order valence-electron chi connectivity index (χ3n) is 3.03. The normalized spacial score (nSPS) is 10.2. The van der Waals surface area contributed by atoms with Crippen molar-refractivity contribution in [1.29, 1.82) is 0 Å². The molecule has 110 valence electrons. The smallest absolute Gasteiger partial charge is 0.251 e. The van der Waals surface area contributed by atoms with Crippen LogP contribution in [0.15, 0.2) is 48.5 Å². The highest BCUT2D eigenvalue weighted by Crippen LogP contribution is 2.13. The van der Waals surface area contributed by atoms with Crippen molar-refractivity contribution in [2.45, 2.75) is 19.3 Å². The van der Waals surface area contributed by atoms with Crippen LogP contribution in [-0.2, 0) is 12.4 Å². The van der Waals surface area contributed by atoms with Gasteiger partial charge in [0.25, 0.3) is 5.91 Å². The molecule has 2 rings (SSSR count). The van der Waals surface area contributed by atoms with Crippen LogP contribution in [0.5, 0.6) is 5.75 Å². The number of halogens is 1. The van der Waals surface area contributed by atoms with E-state index >= 15 is 0 Å². The zero-order valence-corrected chi connectivity index (χ0v) is 12.7. The van der Waals surface area contributed by atoms with E-state index in [4.69, 9.17) is 16.3 Å². The maximum absolute atomic E-state index is 12.1. The average Bonchev–Trinajstić information content (AvgIpc) is 2.53. The van der Waals surface area contributed by atoms with Crippen LogP contribution in [0.1, 0.15) is 28.4 Å². The fourth-order valence-corrected chi connectivity index (χ4v) is 2.12. The van der Waals surface area contributed by atoms with E-state index in [1.165, 1.54) is 0 Å². The number of benzene rings is 2. The van der Waals surface area contributed by atoms with Crippen LogP contribution < -0.4 is 10.1 Å². The zero-order chi connectivity index (χ0) is 15.1. The first-order valence-electron chi connectivity index (χ1n) is 6.87. The number of carbonyl (C=O) groups excluding carboxylic acids is 1. The molecule has 0 aromatic heterocycles. The fourth-order valence-electron chi connectivity index (χ4n) is 1.94. The van der Waals surface area contributed by atoms with Gasteiger partial charge in [0.2, 0.25) is 0 Å². The first kappa shape index (κ1) is 15.4. The Morgan fingerprint density at radius 3 is 2.57 bits per heavy atom. The van der Waals surface area contributed by atoms with Crippen LogP contribution in [0.25, 0.3) is 0 Å². The van der Waals surface area contributed by atoms with Gasteiger partial charge in [-0.2, -0.15) is 0 Å². The predicted octanol–water partition coefficient (Wildman–Crippen LogP) is 3.75. The standard InChI is InChI=1S/C17H18ClNO2/c1-2-21-16-5-3-4-14(10-16)12-19-17(20)15-8-6-13(11-18)7-9-15/h3-10H,2,11-12H2,1H3,(H,19,20). The van der Waals surface area contributed by atoms with Crippen LogP contribution in [0.2, 0.25) is 0 Å². The summed E-state index contributed by atoms with van der Waals surface area (Å²) >= 11 is 5.73. The molecule has 0 bridgehead atoms. The molecule has 0 saturated heterocycles. The van der Waals surface area contributed by atoms with E-state index in [0.29, 0.717) is 24.6 Å². The number of hydrogen-bond acceptors (Lipinski definition) is 2. The molecule has 0 saturated carbocycles. The summed E-state index contributed by atoms with van der Waals surface area (Å²) in [5, 5.41) is 2.89. The van der Waals surface area contributed by atoms with Gasteiger partial charge in [-0.3, -0.25) is 4.79 Å². The minimum atomic E-state index is -0.0991. The second-order valence-electron chi connectivity index (χ2n) is 4.59. The number of amides is 1. The molecule has 1 amide bonds. The lowest BCUT2D eigenvalue weighted by Crippen LogP contribution is -2.22. The Hall–Kier alpha value is -2.00. The maximum atomic E-state index is 12.1. The lowest BCUT2D eigenvalue weighted by molar-refractivity contribution is 0.0951. The van der Waals surface area contributed by atoms with E-state index < -0.39 is 0 Å². The van der Waals surface area contributed by atoms with E-state index in [1.54, 1.807) is 12.1 Å². The first-order valence-corrected chi connectivity index (χ1v) is 7.41. The highest BCUT2D eigenvalue weighted by molar-refractivity contribution is 6.17. The van der Waals surface area contributed by atoms with E-state index in [2.05, 4.69) is 5.32 Å². The Morgan fingerprint density at radius 2 is 1.90 bits per heavy atom. The molecule has 3 nitrogen and oxygen atoms in total. The highest BCUT2D eigenvalue weighted by Gasteiger charge is 2.05. The molecule has 0 unspecified atom stereocenters. The minimum absolute atomic E-state index is 0.0991. The molecule has 0 aliphatic rings. The van der Waals surface area contributed by atoms with Crippen molar-refractivity contribution >= 4 is 17.5 Å². The van der Waals surface area contributed by atoms with Crippen LogP contribution in [0, 0.1) is 0 Å². The quantitative estimate of drug-likeness (QED) is 0.825. The van der Waals surface area contributed by atoms with Gasteiger partial charge in [-0.25, -0.2) is 0 Å². The molecule has 21 heavy (non-hydrogen) atoms. The third kappa shape index (κ3) is 4.50. The molecular weight excluding hydrogens is 286 g/mol. The van der Waals surface area contributed by atoms with E-state index in [9.17, 15) is 4.79 Å². The molecule has 1 N–H and O–H groups in total. The van der Waals surface area contributed by atoms with Crippen molar-refractivity contribution in [2.24, 2.45) is 0 Å². The van der Waals surface area contributed by atoms with Gasteiger partial charge in [0, 0.05) is 18.0 Å². The molecule has 0 aliphatic carbocycles. The summed E-state index contributed by atoms with van der Waals surface area (Å²) in [5.41, 5.74) is 2.63. The lowest BCUT2D eigenvalue weighted by atomic mass is 10.1. The van der Waals surface area contributed by atoms with E-state index in [1.807, 2.05) is 43.3 Å². The summed E-state index contributed by atoms with van der Waals surface area (Å²) in [6, 6.07) is 15.0. The number of rotatable bonds is 6. The summed E-state index contributed by atoms with van der Waals surface area (Å²) in [4.78, 5) is 12.1. The lowest BCUT2D eigenvalue weighted by Gasteiger charge is -2.08. The molecule has 0 heterocycles. The molecule has 0 aliphatic heterocycles. The van der Waals surface area contributed by atoms with Crippen molar-refractivity contribution in [3.05, 3.63) is 65.2 Å². The third-order valence-corrected chi connectivity index (χ3v) is 3.34. The number of carbonyl (C=O) groups is 1. The Balaban J connectivity index is 1.95. The Kier molecular flexibility index (Phi) is 5.64. The summed E-state index contributed by atoms with van der Waals surface area (Å²) in [6.45, 7) is 3.04. The summed E-state index contributed by atoms with van der Waals surface area (Å²) in [6.07, 6.45) is 0. The Labute approximate surface area is 129 Å². The van der Waals surface area contributed by atoms with E-state index in [-0.39, 0.29) is 5.91 Å². The van der Waals surface area contributed by atoms with Crippen LogP contribution in [0.3, 0.4) is 0 Å². The molecule has 2 aromatic rings. The van der Waals surface area contributed by atoms with Crippen LogP contribution in [-0.4, -0.2) is 12.5 Å². The van der Waals surface area contributed by atoms with E-state index in [0.717, 1.165) is 16.9 Å². The summed E-state index contributed by atoms with van der Waals surface area (Å²) in [5.74, 6) is 1.17. The van der Waals surface area contributed by atoms with Crippen molar-refractivity contribution in [3.63, 3.8) is 0 Å². The first-order chi connectivity index (χ1) is 10.2. The number of ether oxygens (including phenoxy) is 1. The second-order valence-corrected chi connectivity index (χ2v) is 4.86. The Bertz CT molecular complexity index is 596. The number of hydrogen-bond donors (Lipinski definition) is 1. The summed E-state index contributed by atoms with van der Waals surface area (Å²) in [7, 11) is 0.